The molecule has 0 saturated carbocycles. The third-order valence-corrected chi connectivity index (χ3v) is 7.10. The van der Waals surface area contributed by atoms with E-state index < -0.39 is 0 Å². The summed E-state index contributed by atoms with van der Waals surface area (Å²) in [5.41, 5.74) is 0. The zero-order chi connectivity index (χ0) is 17.4. The summed E-state index contributed by atoms with van der Waals surface area (Å²) >= 11 is 5.94. The summed E-state index contributed by atoms with van der Waals surface area (Å²) in [5, 5.41) is 0.917. The van der Waals surface area contributed by atoms with E-state index in [1.54, 1.807) is 0 Å². The van der Waals surface area contributed by atoms with E-state index in [-0.39, 0.29) is 18.4 Å². The highest BCUT2D eigenvalue weighted by atomic mass is 32.1. The first-order chi connectivity index (χ1) is 12.7. The molecular weight excluding hydrogens is 352 g/mol. The van der Waals surface area contributed by atoms with Gasteiger partial charge in [0.05, 0.1) is 40.0 Å². The lowest BCUT2D eigenvalue weighted by Crippen LogP contribution is -2.61. The van der Waals surface area contributed by atoms with Crippen LogP contribution in [0, 0.1) is 0 Å². The summed E-state index contributed by atoms with van der Waals surface area (Å²) in [6, 6.07) is 0.176. The van der Waals surface area contributed by atoms with Crippen LogP contribution in [0.25, 0.3) is 0 Å². The van der Waals surface area contributed by atoms with E-state index in [4.69, 9.17) is 12.2 Å². The van der Waals surface area contributed by atoms with Crippen LogP contribution in [0.4, 0.5) is 4.79 Å². The van der Waals surface area contributed by atoms with E-state index in [2.05, 4.69) is 39.2 Å². The molecule has 0 N–H and O–H groups in total. The topological polar surface area (TPSA) is 43.0 Å². The molecule has 4 unspecified atom stereocenters. The summed E-state index contributed by atoms with van der Waals surface area (Å²) < 4.78 is 0. The highest BCUT2D eigenvalue weighted by Crippen LogP contribution is 2.38. The average molecular weight is 379 g/mol. The Morgan fingerprint density at radius 2 is 1.00 bits per heavy atom. The minimum atomic E-state index is 0.0413. The second-order valence-corrected chi connectivity index (χ2v) is 8.77. The molecule has 0 aliphatic carbocycles. The Kier molecular flexibility index (Phi) is 3.44. The third-order valence-electron chi connectivity index (χ3n) is 6.63. The largest absolute Gasteiger partial charge is 0.325 e. The zero-order valence-electron chi connectivity index (χ0n) is 15.0. The van der Waals surface area contributed by atoms with Crippen LogP contribution in [0.1, 0.15) is 12.8 Å². The van der Waals surface area contributed by atoms with Crippen molar-refractivity contribution in [3.8, 4) is 0 Å². The Morgan fingerprint density at radius 1 is 0.615 bits per heavy atom. The van der Waals surface area contributed by atoms with Crippen LogP contribution in [0.5, 0.6) is 0 Å². The van der Waals surface area contributed by atoms with Gasteiger partial charge in [-0.15, -0.1) is 0 Å². The second kappa shape index (κ2) is 5.65. The van der Waals surface area contributed by atoms with Crippen molar-refractivity contribution in [3.63, 3.8) is 0 Å². The lowest BCUT2D eigenvalue weighted by atomic mass is 10.2. The van der Waals surface area contributed by atoms with Crippen LogP contribution in [0.15, 0.2) is 0 Å². The van der Waals surface area contributed by atoms with E-state index in [0.717, 1.165) is 70.8 Å². The van der Waals surface area contributed by atoms with Crippen molar-refractivity contribution < 1.29 is 4.79 Å². The van der Waals surface area contributed by atoms with Gasteiger partial charge in [-0.25, -0.2) is 4.79 Å². The van der Waals surface area contributed by atoms with Crippen LogP contribution in [-0.4, -0.2) is 129 Å². The second-order valence-electron chi connectivity index (χ2n) is 8.40. The monoisotopic (exact) mass is 378 g/mol. The first kappa shape index (κ1) is 15.8. The Bertz CT molecular complexity index is 550. The number of hydrogen-bond donors (Lipinski definition) is 0. The molecule has 6 atom stereocenters. The number of fused-ring (bicyclic) bond motifs is 4. The number of rotatable bonds is 0. The predicted molar refractivity (Wildman–Crippen MR) is 98.2 cm³/mol. The average Bonchev–Trinajstić information content (AvgIpc) is 3.02. The quantitative estimate of drug-likeness (QED) is 0.501. The molecule has 6 heterocycles. The fourth-order valence-corrected chi connectivity index (χ4v) is 5.88. The van der Waals surface area contributed by atoms with Crippen LogP contribution < -0.4 is 0 Å². The number of carbonyl (C=O) groups is 1. The van der Waals surface area contributed by atoms with Gasteiger partial charge in [-0.2, -0.15) is 0 Å². The number of thiocarbonyl (C=S) groups is 1. The minimum Gasteiger partial charge on any atom is -0.311 e. The molecule has 9 nitrogen and oxygen atoms in total. The van der Waals surface area contributed by atoms with Gasteiger partial charge in [-0.05, 0) is 25.1 Å². The first-order valence-corrected chi connectivity index (χ1v) is 10.1. The fourth-order valence-electron chi connectivity index (χ4n) is 5.55. The smallest absolute Gasteiger partial charge is 0.311 e. The zero-order valence-corrected chi connectivity index (χ0v) is 15.9. The molecule has 0 radical (unpaired) electrons. The van der Waals surface area contributed by atoms with Crippen molar-refractivity contribution in [3.05, 3.63) is 0 Å². The molecule has 10 heteroatoms. The molecule has 6 rings (SSSR count). The summed E-state index contributed by atoms with van der Waals surface area (Å²) in [5.74, 6) is 0. The SMILES string of the molecule is O=C1N2CN3CCCN(C3)CN3C(=S)N4CN5CCCN(C5)CN1[C@@H]4[C@H]23. The van der Waals surface area contributed by atoms with Gasteiger partial charge in [0.2, 0.25) is 0 Å². The van der Waals surface area contributed by atoms with Gasteiger partial charge >= 0.3 is 6.03 Å². The lowest BCUT2D eigenvalue weighted by Gasteiger charge is -2.46. The molecule has 0 aromatic rings. The Labute approximate surface area is 159 Å². The Hall–Kier alpha value is -1.20. The molecular formula is C16H26N8OS. The van der Waals surface area contributed by atoms with Crippen LogP contribution in [0.2, 0.25) is 0 Å². The van der Waals surface area contributed by atoms with Crippen molar-refractivity contribution in [2.45, 2.75) is 25.2 Å². The standard InChI is InChI=1S/C16H26N8OS/c25-15-21-9-17-3-1-5-19(7-17)11-23-13(21)14-22(15)10-18-4-2-6-20(8-18)12-24(14)16(23)26/h13-14H,1-12H2/t13-,14+. The van der Waals surface area contributed by atoms with Gasteiger partial charge in [-0.3, -0.25) is 29.4 Å². The lowest BCUT2D eigenvalue weighted by molar-refractivity contribution is -0.0449. The highest BCUT2D eigenvalue weighted by molar-refractivity contribution is 7.80. The van der Waals surface area contributed by atoms with Gasteiger partial charge in [0.1, 0.15) is 12.3 Å². The van der Waals surface area contributed by atoms with Gasteiger partial charge < -0.3 is 9.80 Å². The maximum atomic E-state index is 13.4. The van der Waals surface area contributed by atoms with E-state index in [1.807, 2.05) is 0 Å². The van der Waals surface area contributed by atoms with Crippen LogP contribution in [-0.2, 0) is 0 Å². The molecule has 6 aliphatic heterocycles. The van der Waals surface area contributed by atoms with Gasteiger partial charge in [0.25, 0.3) is 0 Å². The normalized spacial score (nSPS) is 44.5. The van der Waals surface area contributed by atoms with E-state index in [9.17, 15) is 4.79 Å². The molecule has 0 aromatic carbocycles. The number of nitrogens with zero attached hydrogens (tertiary/aromatic N) is 8. The van der Waals surface area contributed by atoms with Crippen molar-refractivity contribution in [1.29, 1.82) is 0 Å². The van der Waals surface area contributed by atoms with Gasteiger partial charge in [0, 0.05) is 26.2 Å². The van der Waals surface area contributed by atoms with Crippen molar-refractivity contribution in [2.24, 2.45) is 0 Å². The summed E-state index contributed by atoms with van der Waals surface area (Å²) in [7, 11) is 0. The Balaban J connectivity index is 1.41. The molecule has 0 spiro atoms. The van der Waals surface area contributed by atoms with E-state index >= 15 is 0 Å². The van der Waals surface area contributed by atoms with Gasteiger partial charge in [-0.1, -0.05) is 0 Å². The Morgan fingerprint density at radius 3 is 1.42 bits per heavy atom. The maximum Gasteiger partial charge on any atom is 0.325 e. The highest BCUT2D eigenvalue weighted by Gasteiger charge is 2.59. The van der Waals surface area contributed by atoms with Crippen molar-refractivity contribution >= 4 is 23.4 Å². The predicted octanol–water partition coefficient (Wildman–Crippen LogP) is -0.934. The summed E-state index contributed by atoms with van der Waals surface area (Å²) in [6.45, 7) is 9.32. The van der Waals surface area contributed by atoms with Crippen LogP contribution in [0.3, 0.4) is 0 Å². The van der Waals surface area contributed by atoms with Crippen LogP contribution >= 0.6 is 12.2 Å². The van der Waals surface area contributed by atoms with E-state index in [1.165, 1.54) is 0 Å². The molecule has 6 aliphatic rings. The molecule has 2 amide bonds. The number of carbonyl (C=O) groups excluding carboxylic acids is 1. The number of urea groups is 1. The molecule has 0 aromatic heterocycles. The molecule has 6 saturated heterocycles. The van der Waals surface area contributed by atoms with Crippen molar-refractivity contribution in [1.82, 2.24) is 39.2 Å². The van der Waals surface area contributed by atoms with E-state index in [0.29, 0.717) is 13.3 Å². The molecule has 142 valence electrons. The summed E-state index contributed by atoms with van der Waals surface area (Å²) in [6.07, 6.45) is 2.40. The fraction of sp³-hybridized carbons (Fsp3) is 0.875. The van der Waals surface area contributed by atoms with Crippen molar-refractivity contribution in [2.75, 3.05) is 66.2 Å². The molecule has 6 fully saturated rings. The first-order valence-electron chi connectivity index (χ1n) is 9.73. The maximum absolute atomic E-state index is 13.4. The molecule has 26 heavy (non-hydrogen) atoms. The number of hydrogen-bond acceptors (Lipinski definition) is 6. The summed E-state index contributed by atoms with van der Waals surface area (Å²) in [4.78, 5) is 31.9. The number of amides is 2. The minimum absolute atomic E-state index is 0.0413. The third kappa shape index (κ3) is 2.16. The molecule has 4 bridgehead atoms. The van der Waals surface area contributed by atoms with Gasteiger partial charge in [0.15, 0.2) is 5.11 Å².